The van der Waals surface area contributed by atoms with Crippen molar-refractivity contribution in [2.24, 2.45) is 0 Å². The molecule has 3 rings (SSSR count). The van der Waals surface area contributed by atoms with E-state index < -0.39 is 0 Å². The molecule has 7 heteroatoms. The van der Waals surface area contributed by atoms with Gasteiger partial charge in [-0.25, -0.2) is 4.98 Å². The predicted octanol–water partition coefficient (Wildman–Crippen LogP) is 4.64. The van der Waals surface area contributed by atoms with Gasteiger partial charge in [-0.15, -0.1) is 11.3 Å². The van der Waals surface area contributed by atoms with Crippen LogP contribution in [0.25, 0.3) is 0 Å². The van der Waals surface area contributed by atoms with Gasteiger partial charge in [0.1, 0.15) is 23.1 Å². The minimum absolute atomic E-state index is 0.0689. The zero-order chi connectivity index (χ0) is 22.2. The van der Waals surface area contributed by atoms with Crippen molar-refractivity contribution in [3.63, 3.8) is 0 Å². The van der Waals surface area contributed by atoms with Crippen LogP contribution in [0.15, 0.2) is 47.8 Å². The second-order valence-corrected chi connectivity index (χ2v) is 8.16. The van der Waals surface area contributed by atoms with Gasteiger partial charge in [0.05, 0.1) is 26.0 Å². The summed E-state index contributed by atoms with van der Waals surface area (Å²) in [6.45, 7) is 5.89. The number of hydrogen-bond acceptors (Lipinski definition) is 6. The highest BCUT2D eigenvalue weighted by molar-refractivity contribution is 7.09. The van der Waals surface area contributed by atoms with Crippen molar-refractivity contribution < 1.29 is 19.0 Å². The second-order valence-electron chi connectivity index (χ2n) is 7.22. The minimum atomic E-state index is -0.0689. The Balaban J connectivity index is 1.65. The molecular weight excluding hydrogens is 412 g/mol. The highest BCUT2D eigenvalue weighted by Gasteiger charge is 2.18. The third-order valence-corrected chi connectivity index (χ3v) is 5.85. The van der Waals surface area contributed by atoms with Crippen LogP contribution in [-0.4, -0.2) is 43.2 Å². The van der Waals surface area contributed by atoms with Crippen molar-refractivity contribution >= 4 is 17.2 Å². The normalized spacial score (nSPS) is 10.7. The Morgan fingerprint density at radius 2 is 1.77 bits per heavy atom. The summed E-state index contributed by atoms with van der Waals surface area (Å²) < 4.78 is 16.3. The fraction of sp³-hybridized carbons (Fsp3) is 0.333. The van der Waals surface area contributed by atoms with E-state index in [0.717, 1.165) is 16.5 Å². The number of amides is 1. The molecule has 0 bridgehead atoms. The average Bonchev–Trinajstić information content (AvgIpc) is 3.24. The van der Waals surface area contributed by atoms with Crippen molar-refractivity contribution in [2.75, 3.05) is 27.4 Å². The largest absolute Gasteiger partial charge is 0.497 e. The van der Waals surface area contributed by atoms with Crippen LogP contribution < -0.4 is 9.47 Å². The Labute approximate surface area is 187 Å². The molecule has 0 aliphatic heterocycles. The van der Waals surface area contributed by atoms with Gasteiger partial charge in [0.15, 0.2) is 0 Å². The lowest BCUT2D eigenvalue weighted by Crippen LogP contribution is -2.33. The number of carbonyl (C=O) groups excluding carboxylic acids is 1. The highest BCUT2D eigenvalue weighted by Crippen LogP contribution is 2.20. The first-order valence-electron chi connectivity index (χ1n) is 10.1. The van der Waals surface area contributed by atoms with Crippen LogP contribution in [0.3, 0.4) is 0 Å². The quantitative estimate of drug-likeness (QED) is 0.460. The molecule has 6 nitrogen and oxygen atoms in total. The van der Waals surface area contributed by atoms with Crippen molar-refractivity contribution in [3.8, 4) is 11.5 Å². The number of thiazole rings is 1. The van der Waals surface area contributed by atoms with Gasteiger partial charge >= 0.3 is 0 Å². The van der Waals surface area contributed by atoms with Crippen LogP contribution in [0.2, 0.25) is 0 Å². The van der Waals surface area contributed by atoms with E-state index in [1.165, 1.54) is 22.5 Å². The molecule has 1 aromatic heterocycles. The van der Waals surface area contributed by atoms with Gasteiger partial charge in [-0.1, -0.05) is 6.07 Å². The number of ether oxygens (including phenoxy) is 3. The van der Waals surface area contributed by atoms with Crippen LogP contribution in [0.4, 0.5) is 0 Å². The molecule has 1 heterocycles. The third kappa shape index (κ3) is 6.29. The van der Waals surface area contributed by atoms with Crippen LogP contribution in [0, 0.1) is 13.8 Å². The summed E-state index contributed by atoms with van der Waals surface area (Å²) >= 11 is 1.53. The fourth-order valence-corrected chi connectivity index (χ4v) is 3.70. The van der Waals surface area contributed by atoms with Crippen molar-refractivity contribution in [1.82, 2.24) is 9.88 Å². The molecule has 164 valence electrons. The summed E-state index contributed by atoms with van der Waals surface area (Å²) in [5.74, 6) is 1.48. The standard InChI is InChI=1S/C24H28N2O4S/c1-17-5-8-22(13-18(17)2)30-15-23-25-20(16-31-23)14-26(11-12-28-3)24(27)19-6-9-21(29-4)10-7-19/h5-10,13,16H,11-12,14-15H2,1-4H3. The summed E-state index contributed by atoms with van der Waals surface area (Å²) in [7, 11) is 3.23. The second kappa shape index (κ2) is 10.9. The van der Waals surface area contributed by atoms with Gasteiger partial charge in [-0.05, 0) is 61.4 Å². The average molecular weight is 441 g/mol. The molecule has 3 aromatic rings. The van der Waals surface area contributed by atoms with E-state index in [2.05, 4.69) is 24.9 Å². The lowest BCUT2D eigenvalue weighted by atomic mass is 10.1. The maximum absolute atomic E-state index is 13.0. The number of nitrogens with zero attached hydrogens (tertiary/aromatic N) is 2. The van der Waals surface area contributed by atoms with Crippen molar-refractivity contribution in [1.29, 1.82) is 0 Å². The first-order chi connectivity index (χ1) is 15.0. The van der Waals surface area contributed by atoms with E-state index in [1.54, 1.807) is 43.4 Å². The van der Waals surface area contributed by atoms with Crippen LogP contribution >= 0.6 is 11.3 Å². The van der Waals surface area contributed by atoms with Gasteiger partial charge in [-0.3, -0.25) is 4.79 Å². The summed E-state index contributed by atoms with van der Waals surface area (Å²) in [5.41, 5.74) is 3.87. The lowest BCUT2D eigenvalue weighted by molar-refractivity contribution is 0.0678. The Kier molecular flexibility index (Phi) is 8.03. The number of rotatable bonds is 10. The summed E-state index contributed by atoms with van der Waals surface area (Å²) in [5, 5.41) is 2.84. The fourth-order valence-electron chi connectivity index (χ4n) is 3.00. The first kappa shape index (κ1) is 22.8. The molecule has 0 spiro atoms. The third-order valence-electron chi connectivity index (χ3n) is 4.98. The van der Waals surface area contributed by atoms with E-state index in [4.69, 9.17) is 14.2 Å². The molecule has 0 radical (unpaired) electrons. The van der Waals surface area contributed by atoms with Gasteiger partial charge in [-0.2, -0.15) is 0 Å². The molecule has 0 saturated heterocycles. The molecule has 0 aliphatic carbocycles. The summed E-state index contributed by atoms with van der Waals surface area (Å²) in [4.78, 5) is 19.4. The van der Waals surface area contributed by atoms with Gasteiger partial charge < -0.3 is 19.1 Å². The van der Waals surface area contributed by atoms with Crippen LogP contribution in [0.5, 0.6) is 11.5 Å². The van der Waals surface area contributed by atoms with Crippen LogP contribution in [-0.2, 0) is 17.9 Å². The molecule has 1 amide bonds. The van der Waals surface area contributed by atoms with Gasteiger partial charge in [0.2, 0.25) is 0 Å². The molecule has 31 heavy (non-hydrogen) atoms. The zero-order valence-corrected chi connectivity index (χ0v) is 19.2. The van der Waals surface area contributed by atoms with Crippen molar-refractivity contribution in [2.45, 2.75) is 27.0 Å². The topological polar surface area (TPSA) is 60.9 Å². The monoisotopic (exact) mass is 440 g/mol. The highest BCUT2D eigenvalue weighted by atomic mass is 32.1. The van der Waals surface area contributed by atoms with Crippen LogP contribution in [0.1, 0.15) is 32.2 Å². The number of hydrogen-bond donors (Lipinski definition) is 0. The Morgan fingerprint density at radius 1 is 1.03 bits per heavy atom. The maximum Gasteiger partial charge on any atom is 0.254 e. The lowest BCUT2D eigenvalue weighted by Gasteiger charge is -2.21. The summed E-state index contributed by atoms with van der Waals surface area (Å²) in [6, 6.07) is 13.2. The Hall–Kier alpha value is -2.90. The van der Waals surface area contributed by atoms with Gasteiger partial charge in [0.25, 0.3) is 5.91 Å². The predicted molar refractivity (Wildman–Crippen MR) is 122 cm³/mol. The number of aryl methyl sites for hydroxylation is 2. The molecular formula is C24H28N2O4S. The number of aromatic nitrogens is 1. The molecule has 0 saturated carbocycles. The molecule has 0 unspecified atom stereocenters. The molecule has 0 fully saturated rings. The molecule has 0 N–H and O–H groups in total. The van der Waals surface area contributed by atoms with E-state index >= 15 is 0 Å². The molecule has 0 atom stereocenters. The van der Waals surface area contributed by atoms with Crippen molar-refractivity contribution in [3.05, 3.63) is 75.2 Å². The number of benzene rings is 2. The van der Waals surface area contributed by atoms with E-state index in [1.807, 2.05) is 17.5 Å². The van der Waals surface area contributed by atoms with E-state index in [0.29, 0.717) is 37.6 Å². The number of methoxy groups -OCH3 is 2. The van der Waals surface area contributed by atoms with E-state index in [-0.39, 0.29) is 5.91 Å². The Morgan fingerprint density at radius 3 is 2.45 bits per heavy atom. The first-order valence-corrected chi connectivity index (χ1v) is 10.9. The van der Waals surface area contributed by atoms with Gasteiger partial charge in [0, 0.05) is 24.6 Å². The molecule has 0 aliphatic rings. The Bertz CT molecular complexity index is 1000. The number of carbonyl (C=O) groups is 1. The maximum atomic E-state index is 13.0. The molecule has 2 aromatic carbocycles. The summed E-state index contributed by atoms with van der Waals surface area (Å²) in [6.07, 6.45) is 0. The SMILES string of the molecule is COCCN(Cc1csc(COc2ccc(C)c(C)c2)n1)C(=O)c1ccc(OC)cc1. The zero-order valence-electron chi connectivity index (χ0n) is 18.4. The minimum Gasteiger partial charge on any atom is -0.497 e. The van der Waals surface area contributed by atoms with E-state index in [9.17, 15) is 4.79 Å². The smallest absolute Gasteiger partial charge is 0.254 e.